The van der Waals surface area contributed by atoms with Crippen LogP contribution < -0.4 is 5.73 Å². The van der Waals surface area contributed by atoms with Crippen LogP contribution in [0, 0.1) is 0 Å². The van der Waals surface area contributed by atoms with Crippen molar-refractivity contribution in [2.75, 3.05) is 18.8 Å². The standard InChI is InChI=1S/C15H20BrN5O2/c1-15(2,3)23-14(22)20-5-4-9(7-20)11-6-10(16)12-13(17)18-8-19-21(11)12/h6,8-9H,4-5,7H2,1-3H3,(H2,17,18,19)/t9-/m1/s1. The van der Waals surface area contributed by atoms with Gasteiger partial charge in [-0.05, 0) is 49.2 Å². The predicted octanol–water partition coefficient (Wildman–Crippen LogP) is 2.80. The van der Waals surface area contributed by atoms with Crippen molar-refractivity contribution in [3.8, 4) is 0 Å². The summed E-state index contributed by atoms with van der Waals surface area (Å²) in [6.07, 6.45) is 2.04. The van der Waals surface area contributed by atoms with E-state index < -0.39 is 5.60 Å². The summed E-state index contributed by atoms with van der Waals surface area (Å²) in [7, 11) is 0. The Morgan fingerprint density at radius 1 is 1.48 bits per heavy atom. The van der Waals surface area contributed by atoms with Crippen molar-refractivity contribution in [1.29, 1.82) is 0 Å². The van der Waals surface area contributed by atoms with E-state index in [0.717, 1.165) is 22.1 Å². The zero-order chi connectivity index (χ0) is 16.8. The quantitative estimate of drug-likeness (QED) is 0.820. The van der Waals surface area contributed by atoms with E-state index in [1.807, 2.05) is 26.8 Å². The molecule has 8 heteroatoms. The lowest BCUT2D eigenvalue weighted by atomic mass is 10.1. The summed E-state index contributed by atoms with van der Waals surface area (Å²) in [5, 5.41) is 4.30. The van der Waals surface area contributed by atoms with Crippen molar-refractivity contribution in [2.24, 2.45) is 0 Å². The van der Waals surface area contributed by atoms with E-state index in [1.165, 1.54) is 6.33 Å². The average molecular weight is 382 g/mol. The van der Waals surface area contributed by atoms with Gasteiger partial charge in [0.15, 0.2) is 5.82 Å². The summed E-state index contributed by atoms with van der Waals surface area (Å²) in [5.74, 6) is 0.621. The van der Waals surface area contributed by atoms with Crippen LogP contribution in [0.4, 0.5) is 10.6 Å². The van der Waals surface area contributed by atoms with Crippen molar-refractivity contribution in [1.82, 2.24) is 19.5 Å². The highest BCUT2D eigenvalue weighted by molar-refractivity contribution is 9.10. The van der Waals surface area contributed by atoms with Crippen LogP contribution in [-0.4, -0.2) is 44.3 Å². The van der Waals surface area contributed by atoms with E-state index in [2.05, 4.69) is 26.0 Å². The molecule has 0 bridgehead atoms. The second kappa shape index (κ2) is 5.67. The Morgan fingerprint density at radius 2 is 2.22 bits per heavy atom. The largest absolute Gasteiger partial charge is 0.444 e. The number of amides is 1. The van der Waals surface area contributed by atoms with Crippen LogP contribution in [0.25, 0.3) is 5.52 Å². The number of hydrogen-bond acceptors (Lipinski definition) is 5. The van der Waals surface area contributed by atoms with Gasteiger partial charge in [0, 0.05) is 29.2 Å². The molecule has 124 valence electrons. The van der Waals surface area contributed by atoms with E-state index in [0.29, 0.717) is 18.9 Å². The second-order valence-corrected chi connectivity index (χ2v) is 7.59. The number of nitrogen functional groups attached to an aromatic ring is 1. The summed E-state index contributed by atoms with van der Waals surface area (Å²) in [5.41, 5.74) is 7.23. The van der Waals surface area contributed by atoms with Crippen LogP contribution in [-0.2, 0) is 4.74 Å². The lowest BCUT2D eigenvalue weighted by Crippen LogP contribution is -2.35. The molecular weight excluding hydrogens is 362 g/mol. The van der Waals surface area contributed by atoms with E-state index in [9.17, 15) is 4.79 Å². The van der Waals surface area contributed by atoms with Gasteiger partial charge in [-0.3, -0.25) is 0 Å². The molecule has 0 saturated carbocycles. The number of ether oxygens (including phenoxy) is 1. The van der Waals surface area contributed by atoms with Gasteiger partial charge in [-0.2, -0.15) is 5.10 Å². The van der Waals surface area contributed by atoms with Gasteiger partial charge in [-0.15, -0.1) is 0 Å². The van der Waals surface area contributed by atoms with Crippen molar-refractivity contribution in [3.63, 3.8) is 0 Å². The molecule has 2 N–H and O–H groups in total. The first kappa shape index (κ1) is 16.0. The van der Waals surface area contributed by atoms with Crippen molar-refractivity contribution >= 4 is 33.4 Å². The molecule has 0 radical (unpaired) electrons. The molecule has 0 aliphatic carbocycles. The highest BCUT2D eigenvalue weighted by Gasteiger charge is 2.32. The number of aromatic nitrogens is 3. The third-order valence-corrected chi connectivity index (χ3v) is 4.43. The molecule has 3 heterocycles. The fraction of sp³-hybridized carbons (Fsp3) is 0.533. The van der Waals surface area contributed by atoms with Gasteiger partial charge < -0.3 is 15.4 Å². The fourth-order valence-corrected chi connectivity index (χ4v) is 3.44. The topological polar surface area (TPSA) is 85.8 Å². The van der Waals surface area contributed by atoms with Crippen LogP contribution in [0.2, 0.25) is 0 Å². The van der Waals surface area contributed by atoms with Gasteiger partial charge in [-0.25, -0.2) is 14.3 Å². The SMILES string of the molecule is CC(C)(C)OC(=O)N1CC[C@@H](c2cc(Br)c3c(N)ncnn23)C1. The number of halogens is 1. The van der Waals surface area contributed by atoms with Gasteiger partial charge in [0.2, 0.25) is 0 Å². The van der Waals surface area contributed by atoms with Crippen LogP contribution >= 0.6 is 15.9 Å². The van der Waals surface area contributed by atoms with E-state index in [1.54, 1.807) is 9.42 Å². The molecule has 1 aliphatic rings. The van der Waals surface area contributed by atoms with Crippen molar-refractivity contribution in [2.45, 2.75) is 38.7 Å². The normalized spacial score (nSPS) is 18.6. The molecule has 7 nitrogen and oxygen atoms in total. The highest BCUT2D eigenvalue weighted by Crippen LogP contribution is 2.34. The van der Waals surface area contributed by atoms with Gasteiger partial charge in [0.25, 0.3) is 0 Å². The number of carbonyl (C=O) groups is 1. The monoisotopic (exact) mass is 381 g/mol. The maximum Gasteiger partial charge on any atom is 0.410 e. The molecule has 1 amide bonds. The average Bonchev–Trinajstić information content (AvgIpc) is 3.02. The predicted molar refractivity (Wildman–Crippen MR) is 90.3 cm³/mol. The summed E-state index contributed by atoms with van der Waals surface area (Å²) >= 11 is 3.51. The van der Waals surface area contributed by atoms with E-state index >= 15 is 0 Å². The molecule has 0 unspecified atom stereocenters. The van der Waals surface area contributed by atoms with Crippen LogP contribution in [0.3, 0.4) is 0 Å². The number of anilines is 1. The number of rotatable bonds is 1. The summed E-state index contributed by atoms with van der Waals surface area (Å²) in [6, 6.07) is 2.00. The molecule has 23 heavy (non-hydrogen) atoms. The molecule has 0 spiro atoms. The minimum atomic E-state index is -0.484. The Hall–Kier alpha value is -1.83. The lowest BCUT2D eigenvalue weighted by Gasteiger charge is -2.24. The minimum absolute atomic E-state index is 0.190. The first-order chi connectivity index (χ1) is 10.8. The molecule has 1 atom stereocenters. The smallest absolute Gasteiger partial charge is 0.410 e. The Balaban J connectivity index is 1.83. The summed E-state index contributed by atoms with van der Waals surface area (Å²) in [4.78, 5) is 18.0. The molecule has 2 aromatic rings. The molecular formula is C15H20BrN5O2. The molecule has 1 aliphatic heterocycles. The molecule has 2 aromatic heterocycles. The maximum atomic E-state index is 12.2. The van der Waals surface area contributed by atoms with Gasteiger partial charge in [0.1, 0.15) is 17.4 Å². The Morgan fingerprint density at radius 3 is 2.91 bits per heavy atom. The second-order valence-electron chi connectivity index (χ2n) is 6.73. The lowest BCUT2D eigenvalue weighted by molar-refractivity contribution is 0.0292. The van der Waals surface area contributed by atoms with Gasteiger partial charge >= 0.3 is 6.09 Å². The summed E-state index contributed by atoms with van der Waals surface area (Å²) < 4.78 is 8.11. The highest BCUT2D eigenvalue weighted by atomic mass is 79.9. The molecule has 1 saturated heterocycles. The number of fused-ring (bicyclic) bond motifs is 1. The Kier molecular flexibility index (Phi) is 3.95. The van der Waals surface area contributed by atoms with Crippen molar-refractivity contribution in [3.05, 3.63) is 22.6 Å². The molecule has 3 rings (SSSR count). The summed E-state index contributed by atoms with van der Waals surface area (Å²) in [6.45, 7) is 6.89. The van der Waals surface area contributed by atoms with Gasteiger partial charge in [0.05, 0.1) is 0 Å². The minimum Gasteiger partial charge on any atom is -0.444 e. The maximum absolute atomic E-state index is 12.2. The number of nitrogens with two attached hydrogens (primary N) is 1. The molecule has 1 fully saturated rings. The first-order valence-electron chi connectivity index (χ1n) is 7.52. The fourth-order valence-electron chi connectivity index (χ4n) is 2.83. The van der Waals surface area contributed by atoms with E-state index in [4.69, 9.17) is 10.5 Å². The van der Waals surface area contributed by atoms with Crippen LogP contribution in [0.5, 0.6) is 0 Å². The Bertz CT molecular complexity index is 752. The third-order valence-electron chi connectivity index (χ3n) is 3.82. The number of hydrogen-bond donors (Lipinski definition) is 1. The number of nitrogens with zero attached hydrogens (tertiary/aromatic N) is 4. The molecule has 0 aromatic carbocycles. The Labute approximate surface area is 142 Å². The first-order valence-corrected chi connectivity index (χ1v) is 8.31. The zero-order valence-electron chi connectivity index (χ0n) is 13.4. The number of likely N-dealkylation sites (tertiary alicyclic amines) is 1. The van der Waals surface area contributed by atoms with Crippen molar-refractivity contribution < 1.29 is 9.53 Å². The van der Waals surface area contributed by atoms with E-state index in [-0.39, 0.29) is 12.0 Å². The van der Waals surface area contributed by atoms with Crippen LogP contribution in [0.1, 0.15) is 38.8 Å². The van der Waals surface area contributed by atoms with Crippen LogP contribution in [0.15, 0.2) is 16.9 Å². The zero-order valence-corrected chi connectivity index (χ0v) is 15.0. The number of carbonyl (C=O) groups excluding carboxylic acids is 1. The van der Waals surface area contributed by atoms with Gasteiger partial charge in [-0.1, -0.05) is 0 Å². The third kappa shape index (κ3) is 3.12.